The van der Waals surface area contributed by atoms with Gasteiger partial charge in [0.25, 0.3) is 6.47 Å². The molecule has 192 valence electrons. The molecule has 0 aromatic heterocycles. The molecule has 0 fully saturated rings. The van der Waals surface area contributed by atoms with Crippen molar-refractivity contribution in [2.75, 3.05) is 51.3 Å². The molecular formula is C20H39BrK2N2O9. The molecule has 0 bridgehead atoms. The molecule has 0 unspecified atom stereocenters. The fourth-order valence-electron chi connectivity index (χ4n) is 1.35. The normalized spacial score (nSPS) is 7.74. The summed E-state index contributed by atoms with van der Waals surface area (Å²) in [5.41, 5.74) is 4.91. The largest absolute Gasteiger partial charge is 1.00 e. The summed E-state index contributed by atoms with van der Waals surface area (Å²) in [6, 6.07) is 0. The van der Waals surface area contributed by atoms with E-state index in [4.69, 9.17) is 25.3 Å². The van der Waals surface area contributed by atoms with Gasteiger partial charge in [0, 0.05) is 13.1 Å². The van der Waals surface area contributed by atoms with E-state index in [-0.39, 0.29) is 149 Å². The monoisotopic (exact) mass is 608 g/mol. The van der Waals surface area contributed by atoms with Crippen LogP contribution in [0.2, 0.25) is 0 Å². The van der Waals surface area contributed by atoms with E-state index in [0.717, 1.165) is 0 Å². The van der Waals surface area contributed by atoms with Gasteiger partial charge in [0.1, 0.15) is 5.33 Å². The molecular weight excluding hydrogens is 570 g/mol. The Morgan fingerprint density at radius 2 is 1.26 bits per heavy atom. The third kappa shape index (κ3) is 54.1. The number of rotatable bonds is 12. The summed E-state index contributed by atoms with van der Waals surface area (Å²) >= 11 is 2.94. The van der Waals surface area contributed by atoms with Crippen LogP contribution in [0.5, 0.6) is 0 Å². The number of nitrogens with two attached hydrogens (primary N) is 1. The van der Waals surface area contributed by atoms with Gasteiger partial charge in [-0.2, -0.15) is 0 Å². The molecule has 0 saturated carbocycles. The molecule has 34 heavy (non-hydrogen) atoms. The zero-order valence-corrected chi connectivity index (χ0v) is 28.2. The molecule has 0 spiro atoms. The van der Waals surface area contributed by atoms with Gasteiger partial charge in [-0.3, -0.25) is 24.1 Å². The maximum Gasteiger partial charge on any atom is 1.00 e. The van der Waals surface area contributed by atoms with Crippen LogP contribution < -0.4 is 114 Å². The second-order valence-electron chi connectivity index (χ2n) is 4.72. The summed E-state index contributed by atoms with van der Waals surface area (Å²) in [6.45, 7) is 14.3. The van der Waals surface area contributed by atoms with E-state index in [1.807, 2.05) is 0 Å². The van der Waals surface area contributed by atoms with Gasteiger partial charge in [0.05, 0.1) is 32.9 Å². The van der Waals surface area contributed by atoms with Gasteiger partial charge in [-0.15, -0.1) is 13.2 Å². The summed E-state index contributed by atoms with van der Waals surface area (Å²) in [7, 11) is 0. The van der Waals surface area contributed by atoms with Crippen LogP contribution in [0.4, 0.5) is 0 Å². The first-order chi connectivity index (χ1) is 14.8. The first-order valence-electron chi connectivity index (χ1n) is 9.17. The quantitative estimate of drug-likeness (QED) is 0.0330. The Hall–Kier alpha value is 0.993. The Balaban J connectivity index is -0.0000000539. The number of carbonyl (C=O) groups is 4. The fraction of sp³-hybridized carbons (Fsp3) is 0.600. The minimum atomic E-state index is -0.353. The molecule has 0 amide bonds. The van der Waals surface area contributed by atoms with Crippen LogP contribution in [0.3, 0.4) is 0 Å². The third-order valence-electron chi connectivity index (χ3n) is 2.32. The number of alkyl halides is 1. The Bertz CT molecular complexity index is 468. The van der Waals surface area contributed by atoms with Crippen molar-refractivity contribution in [3.05, 3.63) is 25.3 Å². The SMILES string of the molecule is C.C=CCN.C=CCN(CC(=O)OCC)CC(=O)OCC.CCOC(=O)CBr.O=CO[O-].[H-].[K+].[K+]. The zero-order valence-electron chi connectivity index (χ0n) is 21.4. The average Bonchev–Trinajstić information content (AvgIpc) is 2.75. The molecule has 0 saturated heterocycles. The van der Waals surface area contributed by atoms with Gasteiger partial charge in [0.2, 0.25) is 0 Å². The Kier molecular flexibility index (Phi) is 71.7. The van der Waals surface area contributed by atoms with Crippen molar-refractivity contribution in [3.8, 4) is 0 Å². The van der Waals surface area contributed by atoms with Gasteiger partial charge in [-0.1, -0.05) is 35.5 Å². The Morgan fingerprint density at radius 1 is 0.941 bits per heavy atom. The van der Waals surface area contributed by atoms with E-state index in [0.29, 0.717) is 38.2 Å². The first-order valence-corrected chi connectivity index (χ1v) is 10.3. The van der Waals surface area contributed by atoms with Crippen LogP contribution >= 0.6 is 15.9 Å². The van der Waals surface area contributed by atoms with Crippen molar-refractivity contribution in [2.45, 2.75) is 28.2 Å². The van der Waals surface area contributed by atoms with Gasteiger partial charge in [-0.25, -0.2) is 0 Å². The second-order valence-corrected chi connectivity index (χ2v) is 5.28. The molecule has 14 heteroatoms. The van der Waals surface area contributed by atoms with Crippen molar-refractivity contribution in [1.29, 1.82) is 0 Å². The maximum absolute atomic E-state index is 11.2. The van der Waals surface area contributed by atoms with Crippen molar-refractivity contribution >= 4 is 40.3 Å². The molecule has 0 aromatic rings. The van der Waals surface area contributed by atoms with E-state index in [9.17, 15) is 14.4 Å². The van der Waals surface area contributed by atoms with E-state index in [1.54, 1.807) is 37.8 Å². The van der Waals surface area contributed by atoms with Gasteiger partial charge < -0.3 is 31.5 Å². The van der Waals surface area contributed by atoms with Crippen molar-refractivity contribution in [1.82, 2.24) is 4.90 Å². The van der Waals surface area contributed by atoms with Crippen molar-refractivity contribution < 1.29 is 148 Å². The number of hydrogen-bond donors (Lipinski definition) is 1. The zero-order chi connectivity index (χ0) is 24.9. The van der Waals surface area contributed by atoms with Crippen LogP contribution in [-0.2, 0) is 38.3 Å². The molecule has 11 nitrogen and oxygen atoms in total. The summed E-state index contributed by atoms with van der Waals surface area (Å²) in [4.78, 5) is 45.4. The van der Waals surface area contributed by atoms with Gasteiger partial charge in [0.15, 0.2) is 0 Å². The average molecular weight is 610 g/mol. The number of halogens is 1. The molecule has 0 aromatic carbocycles. The first kappa shape index (κ1) is 51.6. The van der Waals surface area contributed by atoms with Crippen LogP contribution in [0.25, 0.3) is 0 Å². The predicted octanol–water partition coefficient (Wildman–Crippen LogP) is -5.13. The van der Waals surface area contributed by atoms with Crippen LogP contribution in [0, 0.1) is 0 Å². The molecule has 2 N–H and O–H groups in total. The minimum absolute atomic E-state index is 0. The Morgan fingerprint density at radius 3 is 1.44 bits per heavy atom. The topological polar surface area (TPSA) is 158 Å². The van der Waals surface area contributed by atoms with Crippen molar-refractivity contribution in [3.63, 3.8) is 0 Å². The van der Waals surface area contributed by atoms with Crippen molar-refractivity contribution in [2.24, 2.45) is 5.73 Å². The summed E-state index contributed by atoms with van der Waals surface area (Å²) in [5, 5.41) is 8.72. The van der Waals surface area contributed by atoms with E-state index >= 15 is 0 Å². The molecule has 0 atom stereocenters. The third-order valence-corrected chi connectivity index (χ3v) is 2.78. The maximum atomic E-state index is 11.2. The van der Waals surface area contributed by atoms with Crippen LogP contribution in [0.1, 0.15) is 29.6 Å². The molecule has 0 aliphatic heterocycles. The smallest absolute Gasteiger partial charge is 1.00 e. The number of hydrogen-bond acceptors (Lipinski definition) is 11. The number of esters is 3. The molecule has 0 heterocycles. The van der Waals surface area contributed by atoms with E-state index in [1.165, 1.54) is 0 Å². The molecule has 0 aliphatic carbocycles. The molecule has 0 aliphatic rings. The number of ether oxygens (including phenoxy) is 3. The summed E-state index contributed by atoms with van der Waals surface area (Å²) in [6.07, 6.45) is 3.28. The summed E-state index contributed by atoms with van der Waals surface area (Å²) < 4.78 is 14.1. The second kappa shape index (κ2) is 47.2. The number of carbonyl (C=O) groups excluding carboxylic acids is 4. The fourth-order valence-corrected chi connectivity index (χ4v) is 1.51. The molecule has 0 radical (unpaired) electrons. The minimum Gasteiger partial charge on any atom is -1.00 e. The van der Waals surface area contributed by atoms with E-state index in [2.05, 4.69) is 38.7 Å². The number of nitrogens with zero attached hydrogens (tertiary/aromatic N) is 1. The Labute approximate surface area is 298 Å². The van der Waals surface area contributed by atoms with Gasteiger partial charge in [-0.05, 0) is 20.8 Å². The summed E-state index contributed by atoms with van der Waals surface area (Å²) in [5.74, 6) is -0.912. The van der Waals surface area contributed by atoms with Crippen LogP contribution in [0.15, 0.2) is 25.3 Å². The standard InChI is InChI=1S/C11H19NO4.C4H7BrO2.C3H7N.CH2O3.CH4.2K.H/c1-4-7-12(8-10(13)15-5-2)9-11(14)16-6-3;1-2-7-4(6)3-5;1-2-3-4;2-1-4-3;;;;/h4H,1,5-9H2,2-3H3;2-3H2,1H3;2H,1,3-4H2;1,3H;1H4;;;/q;;;;;2*+1;-1/p-1. The molecule has 0 rings (SSSR count). The van der Waals surface area contributed by atoms with Gasteiger partial charge >= 0.3 is 121 Å². The van der Waals surface area contributed by atoms with Crippen LogP contribution in [-0.4, -0.2) is 80.6 Å². The predicted molar refractivity (Wildman–Crippen MR) is 125 cm³/mol. The van der Waals surface area contributed by atoms with E-state index < -0.39 is 0 Å².